The largest absolute Gasteiger partial charge is 0.336 e. The zero-order chi connectivity index (χ0) is 14.2. The Morgan fingerprint density at radius 3 is 2.50 bits per heavy atom. The van der Waals surface area contributed by atoms with Crippen molar-refractivity contribution in [2.75, 3.05) is 39.3 Å². The van der Waals surface area contributed by atoms with E-state index in [-0.39, 0.29) is 5.03 Å². The van der Waals surface area contributed by atoms with Gasteiger partial charge in [0.05, 0.1) is 6.33 Å². The quantitative estimate of drug-likeness (QED) is 0.787. The van der Waals surface area contributed by atoms with Gasteiger partial charge >= 0.3 is 0 Å². The van der Waals surface area contributed by atoms with E-state index >= 15 is 0 Å². The average molecular weight is 299 g/mol. The lowest BCUT2D eigenvalue weighted by Crippen LogP contribution is -2.62. The Morgan fingerprint density at radius 2 is 2.00 bits per heavy atom. The van der Waals surface area contributed by atoms with Crippen molar-refractivity contribution in [2.24, 2.45) is 0 Å². The third-order valence-corrected chi connectivity index (χ3v) is 5.91. The molecule has 2 aliphatic rings. The van der Waals surface area contributed by atoms with E-state index in [0.717, 1.165) is 32.7 Å². The van der Waals surface area contributed by atoms with Gasteiger partial charge < -0.3 is 9.88 Å². The van der Waals surface area contributed by atoms with Crippen LogP contribution in [0.25, 0.3) is 0 Å². The minimum Gasteiger partial charge on any atom is -0.336 e. The summed E-state index contributed by atoms with van der Waals surface area (Å²) in [6, 6.07) is 0.583. The van der Waals surface area contributed by atoms with Gasteiger partial charge in [-0.2, -0.15) is 4.31 Å². The fourth-order valence-electron chi connectivity index (χ4n) is 2.62. The second kappa shape index (κ2) is 5.44. The summed E-state index contributed by atoms with van der Waals surface area (Å²) < 4.78 is 28.3. The summed E-state index contributed by atoms with van der Waals surface area (Å²) in [7, 11) is -3.43. The lowest BCUT2D eigenvalue weighted by molar-refractivity contribution is 0.103. The zero-order valence-corrected chi connectivity index (χ0v) is 12.5. The van der Waals surface area contributed by atoms with E-state index in [0.29, 0.717) is 19.1 Å². The van der Waals surface area contributed by atoms with Gasteiger partial charge in [0.15, 0.2) is 5.03 Å². The van der Waals surface area contributed by atoms with Crippen molar-refractivity contribution >= 4 is 10.0 Å². The number of nitrogens with zero attached hydrogens (tertiary/aromatic N) is 4. The van der Waals surface area contributed by atoms with Crippen molar-refractivity contribution in [1.82, 2.24) is 24.1 Å². The summed E-state index contributed by atoms with van der Waals surface area (Å²) in [5.74, 6) is 0. The van der Waals surface area contributed by atoms with E-state index in [1.165, 1.54) is 0 Å². The highest BCUT2D eigenvalue weighted by Crippen LogP contribution is 2.17. The number of aryl methyl sites for hydroxylation is 1. The first kappa shape index (κ1) is 14.0. The number of sulfonamides is 1. The highest BCUT2D eigenvalue weighted by atomic mass is 32.2. The van der Waals surface area contributed by atoms with Crippen molar-refractivity contribution in [1.29, 1.82) is 0 Å². The van der Waals surface area contributed by atoms with Crippen molar-refractivity contribution in [3.05, 3.63) is 12.5 Å². The lowest BCUT2D eigenvalue weighted by atomic mass is 10.1. The van der Waals surface area contributed by atoms with Gasteiger partial charge in [0, 0.05) is 58.1 Å². The first-order chi connectivity index (χ1) is 9.61. The molecular weight excluding hydrogens is 278 g/mol. The number of piperazine rings is 1. The monoisotopic (exact) mass is 299 g/mol. The smallest absolute Gasteiger partial charge is 0.262 e. The molecule has 0 aromatic carbocycles. The maximum absolute atomic E-state index is 12.5. The van der Waals surface area contributed by atoms with Crippen LogP contribution in [-0.4, -0.2) is 72.5 Å². The number of imidazole rings is 1. The Morgan fingerprint density at radius 1 is 1.30 bits per heavy atom. The zero-order valence-electron chi connectivity index (χ0n) is 11.7. The van der Waals surface area contributed by atoms with Gasteiger partial charge in [0.2, 0.25) is 0 Å². The van der Waals surface area contributed by atoms with E-state index in [1.807, 2.05) is 6.92 Å². The Balaban J connectivity index is 1.66. The molecule has 0 aliphatic carbocycles. The van der Waals surface area contributed by atoms with Gasteiger partial charge in [0.25, 0.3) is 10.0 Å². The third-order valence-electron chi connectivity index (χ3n) is 4.13. The molecule has 0 saturated carbocycles. The number of nitrogens with one attached hydrogen (secondary N) is 1. The average Bonchev–Trinajstić information content (AvgIpc) is 2.87. The maximum Gasteiger partial charge on any atom is 0.262 e. The van der Waals surface area contributed by atoms with Gasteiger partial charge in [-0.1, -0.05) is 0 Å². The van der Waals surface area contributed by atoms with Crippen LogP contribution >= 0.6 is 0 Å². The van der Waals surface area contributed by atoms with Crippen LogP contribution in [0.1, 0.15) is 6.92 Å². The molecule has 1 N–H and O–H groups in total. The molecule has 7 nitrogen and oxygen atoms in total. The number of rotatable bonds is 4. The number of hydrogen-bond acceptors (Lipinski definition) is 5. The topological polar surface area (TPSA) is 70.5 Å². The van der Waals surface area contributed by atoms with Gasteiger partial charge in [-0.25, -0.2) is 13.4 Å². The van der Waals surface area contributed by atoms with Gasteiger partial charge in [-0.15, -0.1) is 0 Å². The van der Waals surface area contributed by atoms with Gasteiger partial charge in [0.1, 0.15) is 0 Å². The molecule has 2 fully saturated rings. The molecule has 20 heavy (non-hydrogen) atoms. The molecule has 1 aromatic rings. The fourth-order valence-corrected chi connectivity index (χ4v) is 3.98. The molecule has 0 bridgehead atoms. The van der Waals surface area contributed by atoms with Crippen molar-refractivity contribution in [2.45, 2.75) is 24.5 Å². The Labute approximate surface area is 119 Å². The van der Waals surface area contributed by atoms with E-state index in [9.17, 15) is 8.42 Å². The summed E-state index contributed by atoms with van der Waals surface area (Å²) in [5, 5.41) is 3.41. The normalized spacial score (nSPS) is 22.9. The maximum atomic E-state index is 12.5. The summed E-state index contributed by atoms with van der Waals surface area (Å²) in [5.41, 5.74) is 0. The number of aromatic nitrogens is 2. The minimum absolute atomic E-state index is 0.165. The third kappa shape index (κ3) is 2.48. The van der Waals surface area contributed by atoms with Crippen LogP contribution in [-0.2, 0) is 16.6 Å². The van der Waals surface area contributed by atoms with E-state index in [1.54, 1.807) is 21.4 Å². The molecule has 8 heteroatoms. The molecule has 0 unspecified atom stereocenters. The molecule has 0 radical (unpaired) electrons. The molecule has 0 amide bonds. The molecule has 2 saturated heterocycles. The lowest BCUT2D eigenvalue weighted by Gasteiger charge is -2.42. The fraction of sp³-hybridized carbons (Fsp3) is 0.750. The summed E-state index contributed by atoms with van der Waals surface area (Å²) >= 11 is 0. The van der Waals surface area contributed by atoms with Crippen LogP contribution in [0.5, 0.6) is 0 Å². The highest BCUT2D eigenvalue weighted by molar-refractivity contribution is 7.89. The number of hydrogen-bond donors (Lipinski definition) is 1. The highest BCUT2D eigenvalue weighted by Gasteiger charge is 2.33. The van der Waals surface area contributed by atoms with Crippen LogP contribution in [0.4, 0.5) is 0 Å². The minimum atomic E-state index is -3.43. The first-order valence-electron chi connectivity index (χ1n) is 7.08. The predicted octanol–water partition coefficient (Wildman–Crippen LogP) is -0.819. The van der Waals surface area contributed by atoms with E-state index < -0.39 is 10.0 Å². The molecule has 112 valence electrons. The molecule has 1 aromatic heterocycles. The predicted molar refractivity (Wildman–Crippen MR) is 74.9 cm³/mol. The van der Waals surface area contributed by atoms with Crippen LogP contribution in [0.15, 0.2) is 17.6 Å². The van der Waals surface area contributed by atoms with Gasteiger partial charge in [-0.05, 0) is 6.92 Å². The molecule has 0 atom stereocenters. The Kier molecular flexibility index (Phi) is 3.80. The van der Waals surface area contributed by atoms with E-state index in [4.69, 9.17) is 0 Å². The second-order valence-corrected chi connectivity index (χ2v) is 7.18. The first-order valence-corrected chi connectivity index (χ1v) is 8.52. The molecule has 3 heterocycles. The van der Waals surface area contributed by atoms with Crippen LogP contribution in [0, 0.1) is 0 Å². The Hall–Kier alpha value is -0.960. The van der Waals surface area contributed by atoms with Crippen molar-refractivity contribution < 1.29 is 8.42 Å². The summed E-state index contributed by atoms with van der Waals surface area (Å²) in [6.45, 7) is 7.45. The summed E-state index contributed by atoms with van der Waals surface area (Å²) in [6.07, 6.45) is 3.18. The van der Waals surface area contributed by atoms with Crippen LogP contribution in [0.2, 0.25) is 0 Å². The van der Waals surface area contributed by atoms with E-state index in [2.05, 4.69) is 15.2 Å². The van der Waals surface area contributed by atoms with Crippen molar-refractivity contribution in [3.63, 3.8) is 0 Å². The van der Waals surface area contributed by atoms with Crippen LogP contribution in [0.3, 0.4) is 0 Å². The SMILES string of the molecule is CCn1cnc(S(=O)(=O)N2CCN(C3CNC3)CC2)c1. The molecule has 3 rings (SSSR count). The summed E-state index contributed by atoms with van der Waals surface area (Å²) in [4.78, 5) is 6.39. The van der Waals surface area contributed by atoms with Crippen molar-refractivity contribution in [3.8, 4) is 0 Å². The Bertz CT molecular complexity index is 558. The standard InChI is InChI=1S/C12H21N5O2S/c1-2-15-9-12(14-10-15)20(18,19)17-5-3-16(4-6-17)11-7-13-8-11/h9-11,13H,2-8H2,1H3. The second-order valence-electron chi connectivity index (χ2n) is 5.29. The molecule has 0 spiro atoms. The molecular formula is C12H21N5O2S. The van der Waals surface area contributed by atoms with Gasteiger partial charge in [-0.3, -0.25) is 4.90 Å². The van der Waals surface area contributed by atoms with Crippen LogP contribution < -0.4 is 5.32 Å². The molecule has 2 aliphatic heterocycles.